The van der Waals surface area contributed by atoms with E-state index in [0.717, 1.165) is 32.0 Å². The van der Waals surface area contributed by atoms with Crippen molar-refractivity contribution in [3.63, 3.8) is 0 Å². The molecule has 1 aliphatic heterocycles. The summed E-state index contributed by atoms with van der Waals surface area (Å²) in [4.78, 5) is 25.8. The van der Waals surface area contributed by atoms with Gasteiger partial charge in [-0.25, -0.2) is 0 Å². The van der Waals surface area contributed by atoms with Crippen molar-refractivity contribution < 1.29 is 22.8 Å². The first-order valence-corrected chi connectivity index (χ1v) is 8.75. The standard InChI is InChI=1S/C18H24F3N3O2/c1-2-24(17(26)8-7-13-9-10-22-11-13)12-16(25)23-15-6-4-3-5-14(15)18(19,20)21/h3-6,13,22H,2,7-12H2,1H3,(H,23,25). The molecule has 2 N–H and O–H groups in total. The highest BCUT2D eigenvalue weighted by molar-refractivity contribution is 5.95. The quantitative estimate of drug-likeness (QED) is 0.775. The number of hydrogen-bond acceptors (Lipinski definition) is 3. The molecule has 1 atom stereocenters. The Labute approximate surface area is 150 Å². The summed E-state index contributed by atoms with van der Waals surface area (Å²) < 4.78 is 38.9. The van der Waals surface area contributed by atoms with Crippen molar-refractivity contribution in [3.8, 4) is 0 Å². The highest BCUT2D eigenvalue weighted by Gasteiger charge is 2.33. The predicted octanol–water partition coefficient (Wildman–Crippen LogP) is 2.88. The molecule has 26 heavy (non-hydrogen) atoms. The van der Waals surface area contributed by atoms with Gasteiger partial charge in [0.15, 0.2) is 0 Å². The first-order chi connectivity index (χ1) is 12.3. The number of amides is 2. The second kappa shape index (κ2) is 9.02. The van der Waals surface area contributed by atoms with E-state index in [9.17, 15) is 22.8 Å². The second-order valence-electron chi connectivity index (χ2n) is 6.40. The van der Waals surface area contributed by atoms with Gasteiger partial charge >= 0.3 is 6.18 Å². The number of rotatable bonds is 7. The minimum absolute atomic E-state index is 0.154. The van der Waals surface area contributed by atoms with Crippen LogP contribution in [0, 0.1) is 5.92 Å². The number of para-hydroxylation sites is 1. The van der Waals surface area contributed by atoms with Gasteiger partial charge in [-0.15, -0.1) is 0 Å². The van der Waals surface area contributed by atoms with Gasteiger partial charge in [0.1, 0.15) is 0 Å². The van der Waals surface area contributed by atoms with Gasteiger partial charge in [-0.2, -0.15) is 13.2 Å². The van der Waals surface area contributed by atoms with E-state index >= 15 is 0 Å². The number of benzene rings is 1. The summed E-state index contributed by atoms with van der Waals surface area (Å²) in [6, 6.07) is 4.79. The van der Waals surface area contributed by atoms with E-state index in [1.807, 2.05) is 0 Å². The Morgan fingerprint density at radius 3 is 2.65 bits per heavy atom. The molecular formula is C18H24F3N3O2. The third-order valence-electron chi connectivity index (χ3n) is 4.50. The molecule has 1 aromatic rings. The van der Waals surface area contributed by atoms with E-state index in [-0.39, 0.29) is 18.1 Å². The van der Waals surface area contributed by atoms with Crippen LogP contribution < -0.4 is 10.6 Å². The molecule has 8 heteroatoms. The van der Waals surface area contributed by atoms with Crippen LogP contribution in [0.4, 0.5) is 18.9 Å². The van der Waals surface area contributed by atoms with E-state index in [4.69, 9.17) is 0 Å². The van der Waals surface area contributed by atoms with Gasteiger partial charge in [0.25, 0.3) is 0 Å². The number of alkyl halides is 3. The van der Waals surface area contributed by atoms with Crippen molar-refractivity contribution in [1.82, 2.24) is 10.2 Å². The van der Waals surface area contributed by atoms with E-state index in [0.29, 0.717) is 18.9 Å². The van der Waals surface area contributed by atoms with Gasteiger partial charge in [0.2, 0.25) is 11.8 Å². The number of nitrogens with zero attached hydrogens (tertiary/aromatic N) is 1. The molecule has 0 bridgehead atoms. The average Bonchev–Trinajstić information content (AvgIpc) is 3.10. The van der Waals surface area contributed by atoms with Gasteiger partial charge in [0, 0.05) is 13.0 Å². The van der Waals surface area contributed by atoms with Gasteiger partial charge in [-0.1, -0.05) is 12.1 Å². The maximum absolute atomic E-state index is 13.0. The van der Waals surface area contributed by atoms with Gasteiger partial charge in [-0.3, -0.25) is 9.59 Å². The number of likely N-dealkylation sites (N-methyl/N-ethyl adjacent to an activating group) is 1. The molecule has 1 fully saturated rings. The number of halogens is 3. The molecule has 1 aliphatic rings. The molecule has 1 heterocycles. The molecular weight excluding hydrogens is 347 g/mol. The van der Waals surface area contributed by atoms with Crippen LogP contribution in [0.15, 0.2) is 24.3 Å². The van der Waals surface area contributed by atoms with Gasteiger partial charge in [-0.05, 0) is 50.9 Å². The molecule has 0 aliphatic carbocycles. The summed E-state index contributed by atoms with van der Waals surface area (Å²) in [5.41, 5.74) is -1.21. The fraction of sp³-hybridized carbons (Fsp3) is 0.556. The molecule has 0 aromatic heterocycles. The molecule has 1 saturated heterocycles. The Morgan fingerprint density at radius 2 is 2.04 bits per heavy atom. The van der Waals surface area contributed by atoms with Crippen molar-refractivity contribution in [2.75, 3.05) is 31.5 Å². The number of hydrogen-bond donors (Lipinski definition) is 2. The third-order valence-corrected chi connectivity index (χ3v) is 4.50. The van der Waals surface area contributed by atoms with Crippen molar-refractivity contribution in [3.05, 3.63) is 29.8 Å². The average molecular weight is 371 g/mol. The first-order valence-electron chi connectivity index (χ1n) is 8.75. The Morgan fingerprint density at radius 1 is 1.31 bits per heavy atom. The fourth-order valence-corrected chi connectivity index (χ4v) is 3.03. The van der Waals surface area contributed by atoms with Crippen molar-refractivity contribution in [1.29, 1.82) is 0 Å². The molecule has 1 unspecified atom stereocenters. The zero-order valence-electron chi connectivity index (χ0n) is 14.7. The van der Waals surface area contributed by atoms with Gasteiger partial charge < -0.3 is 15.5 Å². The third kappa shape index (κ3) is 5.72. The van der Waals surface area contributed by atoms with Gasteiger partial charge in [0.05, 0.1) is 17.8 Å². The minimum Gasteiger partial charge on any atom is -0.334 e. The van der Waals surface area contributed by atoms with E-state index in [2.05, 4.69) is 10.6 Å². The van der Waals surface area contributed by atoms with Crippen molar-refractivity contribution >= 4 is 17.5 Å². The number of carbonyl (C=O) groups is 2. The molecule has 0 radical (unpaired) electrons. The SMILES string of the molecule is CCN(CC(=O)Nc1ccccc1C(F)(F)F)C(=O)CCC1CCNC1. The number of carbonyl (C=O) groups excluding carboxylic acids is 2. The van der Waals surface area contributed by atoms with Crippen molar-refractivity contribution in [2.24, 2.45) is 5.92 Å². The first kappa shape index (κ1) is 20.2. The summed E-state index contributed by atoms with van der Waals surface area (Å²) in [6.07, 6.45) is -2.43. The molecule has 5 nitrogen and oxygen atoms in total. The van der Waals surface area contributed by atoms with Crippen LogP contribution >= 0.6 is 0 Å². The summed E-state index contributed by atoms with van der Waals surface area (Å²) >= 11 is 0. The van der Waals surface area contributed by atoms with Crippen LogP contribution in [0.25, 0.3) is 0 Å². The summed E-state index contributed by atoms with van der Waals surface area (Å²) in [7, 11) is 0. The normalized spacial score (nSPS) is 17.2. The monoisotopic (exact) mass is 371 g/mol. The molecule has 0 spiro atoms. The van der Waals surface area contributed by atoms with Crippen LogP contribution in [0.2, 0.25) is 0 Å². The molecule has 0 saturated carbocycles. The lowest BCUT2D eigenvalue weighted by Crippen LogP contribution is -2.38. The van der Waals surface area contributed by atoms with Crippen LogP contribution in [0.5, 0.6) is 0 Å². The maximum Gasteiger partial charge on any atom is 0.418 e. The Bertz CT molecular complexity index is 628. The zero-order chi connectivity index (χ0) is 19.2. The second-order valence-corrected chi connectivity index (χ2v) is 6.40. The maximum atomic E-state index is 13.0. The van der Waals surface area contributed by atoms with Crippen LogP contribution in [-0.4, -0.2) is 42.9 Å². The summed E-state index contributed by atoms with van der Waals surface area (Å²) in [6.45, 7) is 3.66. The van der Waals surface area contributed by atoms with Crippen LogP contribution in [0.3, 0.4) is 0 Å². The molecule has 2 rings (SSSR count). The van der Waals surface area contributed by atoms with Crippen molar-refractivity contribution in [2.45, 2.75) is 32.4 Å². The summed E-state index contributed by atoms with van der Waals surface area (Å²) in [5.74, 6) is -0.330. The van der Waals surface area contributed by atoms with E-state index in [1.54, 1.807) is 6.92 Å². The predicted molar refractivity (Wildman–Crippen MR) is 92.5 cm³/mol. The minimum atomic E-state index is -4.56. The zero-order valence-corrected chi connectivity index (χ0v) is 14.7. The molecule has 144 valence electrons. The fourth-order valence-electron chi connectivity index (χ4n) is 3.03. The molecule has 2 amide bonds. The topological polar surface area (TPSA) is 61.4 Å². The Kier molecular flexibility index (Phi) is 7.02. The Balaban J connectivity index is 1.91. The largest absolute Gasteiger partial charge is 0.418 e. The smallest absolute Gasteiger partial charge is 0.334 e. The molecule has 1 aromatic carbocycles. The lowest BCUT2D eigenvalue weighted by molar-refractivity contribution is -0.137. The Hall–Kier alpha value is -2.09. The van der Waals surface area contributed by atoms with E-state index < -0.39 is 17.6 Å². The lowest BCUT2D eigenvalue weighted by Gasteiger charge is -2.22. The summed E-state index contributed by atoms with van der Waals surface area (Å²) in [5, 5.41) is 5.51. The number of nitrogens with one attached hydrogen (secondary N) is 2. The highest BCUT2D eigenvalue weighted by atomic mass is 19.4. The lowest BCUT2D eigenvalue weighted by atomic mass is 10.0. The van der Waals surface area contributed by atoms with Crippen LogP contribution in [-0.2, 0) is 15.8 Å². The van der Waals surface area contributed by atoms with E-state index in [1.165, 1.54) is 23.1 Å². The number of anilines is 1. The van der Waals surface area contributed by atoms with Crippen LogP contribution in [0.1, 0.15) is 31.7 Å². The highest BCUT2D eigenvalue weighted by Crippen LogP contribution is 2.34.